The van der Waals surface area contributed by atoms with Gasteiger partial charge in [0.1, 0.15) is 12.0 Å². The number of hydrogen-bond donors (Lipinski definition) is 1. The van der Waals surface area contributed by atoms with Gasteiger partial charge in [-0.25, -0.2) is 0 Å². The largest absolute Gasteiger partial charge is 0.477 e. The molecular formula is C16H15N5O4. The van der Waals surface area contributed by atoms with Crippen LogP contribution in [-0.4, -0.2) is 32.7 Å². The third-order valence-corrected chi connectivity index (χ3v) is 3.24. The van der Waals surface area contributed by atoms with Gasteiger partial charge in [0.15, 0.2) is 6.61 Å². The molecule has 25 heavy (non-hydrogen) atoms. The highest BCUT2D eigenvalue weighted by Crippen LogP contribution is 2.24. The summed E-state index contributed by atoms with van der Waals surface area (Å²) >= 11 is 0. The molecule has 1 amide bonds. The van der Waals surface area contributed by atoms with Gasteiger partial charge in [0.2, 0.25) is 17.0 Å². The number of rotatable bonds is 5. The minimum Gasteiger partial charge on any atom is -0.477 e. The number of amides is 1. The van der Waals surface area contributed by atoms with Gasteiger partial charge in [0.25, 0.3) is 5.91 Å². The molecule has 0 fully saturated rings. The van der Waals surface area contributed by atoms with E-state index in [1.807, 2.05) is 0 Å². The summed E-state index contributed by atoms with van der Waals surface area (Å²) in [5.41, 5.74) is 0.791. The Hall–Kier alpha value is -3.49. The van der Waals surface area contributed by atoms with Crippen LogP contribution < -0.4 is 15.5 Å². The molecule has 0 saturated heterocycles. The second-order valence-electron chi connectivity index (χ2n) is 5.20. The number of hydrogen-bond acceptors (Lipinski definition) is 7. The molecule has 1 N–H and O–H groups in total. The number of carbonyl (C=O) groups excluding carboxylic acids is 1. The highest BCUT2D eigenvalue weighted by Gasteiger charge is 2.13. The van der Waals surface area contributed by atoms with Gasteiger partial charge < -0.3 is 14.5 Å². The van der Waals surface area contributed by atoms with E-state index in [1.54, 1.807) is 38.2 Å². The van der Waals surface area contributed by atoms with Crippen LogP contribution in [0.5, 0.6) is 5.75 Å². The molecular weight excluding hydrogens is 326 g/mol. The molecule has 2 aromatic heterocycles. The van der Waals surface area contributed by atoms with Crippen molar-refractivity contribution < 1.29 is 13.9 Å². The number of para-hydroxylation sites is 1. The zero-order valence-corrected chi connectivity index (χ0v) is 13.6. The maximum atomic E-state index is 12.1. The van der Waals surface area contributed by atoms with Crippen molar-refractivity contribution in [2.75, 3.05) is 11.9 Å². The maximum Gasteiger partial charge on any atom is 0.262 e. The fourth-order valence-corrected chi connectivity index (χ4v) is 2.11. The van der Waals surface area contributed by atoms with Crippen molar-refractivity contribution in [1.82, 2.24) is 20.2 Å². The van der Waals surface area contributed by atoms with Gasteiger partial charge in [-0.05, 0) is 24.3 Å². The van der Waals surface area contributed by atoms with E-state index in [1.165, 1.54) is 17.1 Å². The number of aromatic nitrogens is 4. The topological polar surface area (TPSA) is 112 Å². The van der Waals surface area contributed by atoms with E-state index in [-0.39, 0.29) is 17.8 Å². The van der Waals surface area contributed by atoms with E-state index >= 15 is 0 Å². The molecule has 0 unspecified atom stereocenters. The molecule has 0 aliphatic carbocycles. The summed E-state index contributed by atoms with van der Waals surface area (Å²) in [4.78, 5) is 25.2. The fourth-order valence-electron chi connectivity index (χ4n) is 2.11. The van der Waals surface area contributed by atoms with Crippen LogP contribution in [0.2, 0.25) is 0 Å². The summed E-state index contributed by atoms with van der Waals surface area (Å²) < 4.78 is 10.3. The Kier molecular flexibility index (Phi) is 4.55. The Morgan fingerprint density at radius 3 is 2.88 bits per heavy atom. The van der Waals surface area contributed by atoms with E-state index in [2.05, 4.69) is 20.7 Å². The predicted molar refractivity (Wildman–Crippen MR) is 88.1 cm³/mol. The van der Waals surface area contributed by atoms with Gasteiger partial charge in [-0.3, -0.25) is 9.59 Å². The summed E-state index contributed by atoms with van der Waals surface area (Å²) in [5, 5.41) is 14.5. The van der Waals surface area contributed by atoms with Crippen molar-refractivity contribution in [1.29, 1.82) is 0 Å². The van der Waals surface area contributed by atoms with Crippen LogP contribution in [0, 0.1) is 6.92 Å². The lowest BCUT2D eigenvalue weighted by Gasteiger charge is -2.09. The first-order chi connectivity index (χ1) is 12.0. The molecule has 0 spiro atoms. The third kappa shape index (κ3) is 3.89. The van der Waals surface area contributed by atoms with Gasteiger partial charge in [0, 0.05) is 11.6 Å². The molecule has 3 rings (SSSR count). The first-order valence-corrected chi connectivity index (χ1v) is 7.38. The summed E-state index contributed by atoms with van der Waals surface area (Å²) in [6.07, 6.45) is 1.18. The van der Waals surface area contributed by atoms with Crippen molar-refractivity contribution in [3.63, 3.8) is 0 Å². The lowest BCUT2D eigenvalue weighted by Crippen LogP contribution is -2.22. The van der Waals surface area contributed by atoms with Crippen LogP contribution >= 0.6 is 0 Å². The van der Waals surface area contributed by atoms with Crippen LogP contribution in [0.1, 0.15) is 5.76 Å². The number of nitrogens with zero attached hydrogens (tertiary/aromatic N) is 4. The Balaban J connectivity index is 1.70. The first kappa shape index (κ1) is 16.4. The molecule has 3 aromatic rings. The normalized spacial score (nSPS) is 10.5. The summed E-state index contributed by atoms with van der Waals surface area (Å²) in [7, 11) is 1.65. The zero-order chi connectivity index (χ0) is 17.8. The first-order valence-electron chi connectivity index (χ1n) is 7.38. The highest BCUT2D eigenvalue weighted by molar-refractivity contribution is 5.95. The predicted octanol–water partition coefficient (Wildman–Crippen LogP) is 1.16. The van der Waals surface area contributed by atoms with E-state index < -0.39 is 5.91 Å². The number of carbonyl (C=O) groups is 1. The molecule has 1 aromatic carbocycles. The highest BCUT2D eigenvalue weighted by atomic mass is 16.5. The van der Waals surface area contributed by atoms with Crippen LogP contribution in [0.25, 0.3) is 11.4 Å². The minimum atomic E-state index is -0.434. The number of anilines is 1. The summed E-state index contributed by atoms with van der Waals surface area (Å²) in [5.74, 6) is 0.395. The molecule has 0 aliphatic heterocycles. The molecule has 9 heteroatoms. The Morgan fingerprint density at radius 2 is 2.16 bits per heavy atom. The Morgan fingerprint density at radius 1 is 1.36 bits per heavy atom. The van der Waals surface area contributed by atoms with Gasteiger partial charge in [0.05, 0.1) is 12.7 Å². The molecule has 0 aliphatic rings. The van der Waals surface area contributed by atoms with Gasteiger partial charge in [-0.15, -0.1) is 10.2 Å². The van der Waals surface area contributed by atoms with E-state index in [0.717, 1.165) is 0 Å². The molecule has 9 nitrogen and oxygen atoms in total. The van der Waals surface area contributed by atoms with Crippen molar-refractivity contribution in [3.05, 3.63) is 52.6 Å². The number of tetrazole rings is 1. The molecule has 2 heterocycles. The SMILES string of the molecule is Cc1cc(=O)c(OCC(=O)Nc2ccccc2-c2nnn(C)n2)co1. The number of benzene rings is 1. The van der Waals surface area contributed by atoms with Gasteiger partial charge >= 0.3 is 0 Å². The van der Waals surface area contributed by atoms with Gasteiger partial charge in [-0.2, -0.15) is 4.80 Å². The lowest BCUT2D eigenvalue weighted by molar-refractivity contribution is -0.118. The lowest BCUT2D eigenvalue weighted by atomic mass is 10.1. The molecule has 0 radical (unpaired) electrons. The number of ether oxygens (including phenoxy) is 1. The maximum absolute atomic E-state index is 12.1. The van der Waals surface area contributed by atoms with Crippen LogP contribution in [-0.2, 0) is 11.8 Å². The second-order valence-corrected chi connectivity index (χ2v) is 5.20. The third-order valence-electron chi connectivity index (χ3n) is 3.24. The van der Waals surface area contributed by atoms with Gasteiger partial charge in [-0.1, -0.05) is 12.1 Å². The molecule has 0 atom stereocenters. The fraction of sp³-hybridized carbons (Fsp3) is 0.188. The second kappa shape index (κ2) is 6.95. The monoisotopic (exact) mass is 341 g/mol. The number of aryl methyl sites for hydroxylation is 2. The minimum absolute atomic E-state index is 0.0235. The standard InChI is InChI=1S/C16H15N5O4/c1-10-7-13(22)14(8-24-10)25-9-15(23)17-12-6-4-3-5-11(12)16-18-20-21(2)19-16/h3-8H,9H2,1-2H3,(H,17,23). The molecule has 0 saturated carbocycles. The van der Waals surface area contributed by atoms with Crippen molar-refractivity contribution in [3.8, 4) is 17.1 Å². The average molecular weight is 341 g/mol. The van der Waals surface area contributed by atoms with Crippen molar-refractivity contribution >= 4 is 11.6 Å². The smallest absolute Gasteiger partial charge is 0.262 e. The molecule has 128 valence electrons. The Labute approximate surface area is 142 Å². The van der Waals surface area contributed by atoms with Crippen LogP contribution in [0.3, 0.4) is 0 Å². The summed E-state index contributed by atoms with van der Waals surface area (Å²) in [6.45, 7) is 1.31. The van der Waals surface area contributed by atoms with Crippen molar-refractivity contribution in [2.24, 2.45) is 7.05 Å². The average Bonchev–Trinajstić information content (AvgIpc) is 3.01. The number of nitrogens with one attached hydrogen (secondary N) is 1. The van der Waals surface area contributed by atoms with Crippen LogP contribution in [0.4, 0.5) is 5.69 Å². The molecule has 0 bridgehead atoms. The quantitative estimate of drug-likeness (QED) is 0.741. The van der Waals surface area contributed by atoms with E-state index in [4.69, 9.17) is 9.15 Å². The zero-order valence-electron chi connectivity index (χ0n) is 13.6. The van der Waals surface area contributed by atoms with Crippen LogP contribution in [0.15, 0.2) is 45.8 Å². The van der Waals surface area contributed by atoms with E-state index in [9.17, 15) is 9.59 Å². The van der Waals surface area contributed by atoms with E-state index in [0.29, 0.717) is 22.8 Å². The Bertz CT molecular complexity index is 963. The summed E-state index contributed by atoms with van der Waals surface area (Å²) in [6, 6.07) is 8.34. The van der Waals surface area contributed by atoms with Crippen molar-refractivity contribution in [2.45, 2.75) is 6.92 Å².